The molecule has 1 atom stereocenters. The van der Waals surface area contributed by atoms with Crippen LogP contribution in [0.3, 0.4) is 0 Å². The SMILES string of the molecule is Cc1cccc(N2C(=O)C(O)=C(C(=O)/C=C/c3ccccc3)[C@@H]2c2ccc([N+](=O)[O-])cc2)c1. The zero-order valence-electron chi connectivity index (χ0n) is 17.7. The van der Waals surface area contributed by atoms with Crippen molar-refractivity contribution in [3.8, 4) is 0 Å². The molecule has 0 fully saturated rings. The Bertz CT molecular complexity index is 1290. The van der Waals surface area contributed by atoms with Gasteiger partial charge in [0.15, 0.2) is 11.5 Å². The molecule has 4 rings (SSSR count). The molecule has 0 aromatic heterocycles. The number of hydrogen-bond acceptors (Lipinski definition) is 5. The molecular formula is C26H20N2O5. The zero-order valence-corrected chi connectivity index (χ0v) is 17.7. The lowest BCUT2D eigenvalue weighted by molar-refractivity contribution is -0.384. The van der Waals surface area contributed by atoms with Crippen LogP contribution in [0.1, 0.15) is 22.7 Å². The molecule has 1 amide bonds. The number of aryl methyl sites for hydroxylation is 1. The number of amides is 1. The first-order chi connectivity index (χ1) is 15.9. The molecule has 0 spiro atoms. The normalized spacial score (nSPS) is 16.0. The molecule has 0 aliphatic carbocycles. The summed E-state index contributed by atoms with van der Waals surface area (Å²) in [6.07, 6.45) is 2.92. The lowest BCUT2D eigenvalue weighted by Crippen LogP contribution is -2.31. The van der Waals surface area contributed by atoms with Crippen molar-refractivity contribution in [2.75, 3.05) is 4.90 Å². The minimum atomic E-state index is -0.937. The van der Waals surface area contributed by atoms with E-state index in [1.54, 1.807) is 24.3 Å². The Morgan fingerprint density at radius 3 is 2.36 bits per heavy atom. The van der Waals surface area contributed by atoms with Crippen LogP contribution >= 0.6 is 0 Å². The van der Waals surface area contributed by atoms with E-state index >= 15 is 0 Å². The van der Waals surface area contributed by atoms with Crippen LogP contribution in [0.5, 0.6) is 0 Å². The number of aliphatic hydroxyl groups is 1. The first-order valence-electron chi connectivity index (χ1n) is 10.2. The maximum atomic E-state index is 13.2. The Kier molecular flexibility index (Phi) is 5.87. The van der Waals surface area contributed by atoms with E-state index < -0.39 is 28.4 Å². The first-order valence-corrected chi connectivity index (χ1v) is 10.2. The minimum absolute atomic E-state index is 0.0810. The highest BCUT2D eigenvalue weighted by Gasteiger charge is 2.43. The smallest absolute Gasteiger partial charge is 0.294 e. The van der Waals surface area contributed by atoms with Crippen LogP contribution in [-0.2, 0) is 9.59 Å². The van der Waals surface area contributed by atoms with Crippen molar-refractivity contribution in [2.45, 2.75) is 13.0 Å². The van der Waals surface area contributed by atoms with E-state index in [-0.39, 0.29) is 11.3 Å². The number of aliphatic hydroxyl groups excluding tert-OH is 1. The summed E-state index contributed by atoms with van der Waals surface area (Å²) in [5, 5.41) is 21.8. The third kappa shape index (κ3) is 4.29. The third-order valence-corrected chi connectivity index (χ3v) is 5.40. The van der Waals surface area contributed by atoms with Gasteiger partial charge in [-0.15, -0.1) is 0 Å². The number of nitro benzene ring substituents is 1. The second-order valence-electron chi connectivity index (χ2n) is 7.64. The number of hydrogen-bond donors (Lipinski definition) is 1. The van der Waals surface area contributed by atoms with Gasteiger partial charge in [0.2, 0.25) is 0 Å². The van der Waals surface area contributed by atoms with Gasteiger partial charge in [-0.25, -0.2) is 0 Å². The second kappa shape index (κ2) is 8.92. The van der Waals surface area contributed by atoms with Gasteiger partial charge >= 0.3 is 0 Å². The molecule has 1 aliphatic rings. The number of benzene rings is 3. The predicted octanol–water partition coefficient (Wildman–Crippen LogP) is 5.09. The Hall–Kier alpha value is -4.52. The van der Waals surface area contributed by atoms with E-state index in [1.165, 1.54) is 35.2 Å². The maximum Gasteiger partial charge on any atom is 0.294 e. The summed E-state index contributed by atoms with van der Waals surface area (Å²) in [5.41, 5.74) is 2.46. The van der Waals surface area contributed by atoms with Crippen molar-refractivity contribution in [3.05, 3.63) is 123 Å². The van der Waals surface area contributed by atoms with E-state index in [4.69, 9.17) is 0 Å². The Balaban J connectivity index is 1.80. The van der Waals surface area contributed by atoms with E-state index in [0.717, 1.165) is 11.1 Å². The van der Waals surface area contributed by atoms with Crippen molar-refractivity contribution in [1.29, 1.82) is 0 Å². The van der Waals surface area contributed by atoms with Crippen molar-refractivity contribution < 1.29 is 19.6 Å². The molecule has 0 saturated heterocycles. The summed E-state index contributed by atoms with van der Waals surface area (Å²) in [7, 11) is 0. The van der Waals surface area contributed by atoms with Crippen molar-refractivity contribution >= 4 is 29.1 Å². The van der Waals surface area contributed by atoms with Gasteiger partial charge in [-0.05, 0) is 54.0 Å². The Labute approximate surface area is 190 Å². The van der Waals surface area contributed by atoms with Gasteiger partial charge < -0.3 is 5.11 Å². The fourth-order valence-corrected chi connectivity index (χ4v) is 3.82. The molecule has 7 heteroatoms. The van der Waals surface area contributed by atoms with Crippen LogP contribution in [0.15, 0.2) is 96.3 Å². The molecule has 3 aromatic rings. The molecule has 7 nitrogen and oxygen atoms in total. The lowest BCUT2D eigenvalue weighted by atomic mass is 9.95. The third-order valence-electron chi connectivity index (χ3n) is 5.40. The van der Waals surface area contributed by atoms with E-state index in [0.29, 0.717) is 11.3 Å². The molecule has 0 radical (unpaired) electrons. The number of carbonyl (C=O) groups is 2. The molecule has 1 N–H and O–H groups in total. The molecular weight excluding hydrogens is 420 g/mol. The summed E-state index contributed by atoms with van der Waals surface area (Å²) >= 11 is 0. The van der Waals surface area contributed by atoms with Crippen LogP contribution in [0, 0.1) is 17.0 Å². The maximum absolute atomic E-state index is 13.2. The van der Waals surface area contributed by atoms with Gasteiger partial charge in [0.05, 0.1) is 16.5 Å². The monoisotopic (exact) mass is 440 g/mol. The van der Waals surface area contributed by atoms with Gasteiger partial charge in [0.25, 0.3) is 11.6 Å². The highest BCUT2D eigenvalue weighted by molar-refractivity contribution is 6.19. The fraction of sp³-hybridized carbons (Fsp3) is 0.0769. The van der Waals surface area contributed by atoms with Crippen molar-refractivity contribution in [1.82, 2.24) is 0 Å². The quantitative estimate of drug-likeness (QED) is 0.327. The Morgan fingerprint density at radius 2 is 1.73 bits per heavy atom. The largest absolute Gasteiger partial charge is 0.503 e. The molecule has 1 aliphatic heterocycles. The van der Waals surface area contributed by atoms with Gasteiger partial charge in [-0.1, -0.05) is 48.5 Å². The van der Waals surface area contributed by atoms with Crippen LogP contribution in [0.4, 0.5) is 11.4 Å². The fourth-order valence-electron chi connectivity index (χ4n) is 3.82. The van der Waals surface area contributed by atoms with Crippen LogP contribution in [0.2, 0.25) is 0 Å². The average molecular weight is 440 g/mol. The van der Waals surface area contributed by atoms with E-state index in [1.807, 2.05) is 43.3 Å². The highest BCUT2D eigenvalue weighted by Crippen LogP contribution is 2.41. The van der Waals surface area contributed by atoms with Crippen LogP contribution in [-0.4, -0.2) is 21.7 Å². The van der Waals surface area contributed by atoms with Crippen molar-refractivity contribution in [2.24, 2.45) is 0 Å². The van der Waals surface area contributed by atoms with Crippen molar-refractivity contribution in [3.63, 3.8) is 0 Å². The summed E-state index contributed by atoms with van der Waals surface area (Å²) in [5.74, 6) is -1.87. The molecule has 164 valence electrons. The number of rotatable bonds is 6. The van der Waals surface area contributed by atoms with E-state index in [2.05, 4.69) is 0 Å². The minimum Gasteiger partial charge on any atom is -0.503 e. The Morgan fingerprint density at radius 1 is 1.03 bits per heavy atom. The second-order valence-corrected chi connectivity index (χ2v) is 7.64. The molecule has 0 saturated carbocycles. The van der Waals surface area contributed by atoms with E-state index in [9.17, 15) is 24.8 Å². The number of ketones is 1. The molecule has 33 heavy (non-hydrogen) atoms. The number of non-ortho nitro benzene ring substituents is 1. The van der Waals surface area contributed by atoms with Gasteiger partial charge in [-0.2, -0.15) is 0 Å². The first kappa shape index (κ1) is 21.7. The summed E-state index contributed by atoms with van der Waals surface area (Å²) < 4.78 is 0. The average Bonchev–Trinajstić information content (AvgIpc) is 3.09. The molecule has 3 aromatic carbocycles. The standard InChI is InChI=1S/C26H20N2O5/c1-17-6-5-9-21(16-17)27-24(19-11-13-20(14-12-19)28(32)33)23(25(30)26(27)31)22(29)15-10-18-7-3-2-4-8-18/h2-16,24,30H,1H3/b15-10+/t24-/m0/s1. The molecule has 1 heterocycles. The van der Waals surface area contributed by atoms with Crippen LogP contribution in [0.25, 0.3) is 6.08 Å². The summed E-state index contributed by atoms with van der Waals surface area (Å²) in [4.78, 5) is 38.2. The topological polar surface area (TPSA) is 101 Å². The van der Waals surface area contributed by atoms with Gasteiger partial charge in [0.1, 0.15) is 0 Å². The predicted molar refractivity (Wildman–Crippen MR) is 125 cm³/mol. The summed E-state index contributed by atoms with van der Waals surface area (Å²) in [6, 6.07) is 21.0. The number of nitro groups is 1. The summed E-state index contributed by atoms with van der Waals surface area (Å²) in [6.45, 7) is 1.87. The number of nitrogens with zero attached hydrogens (tertiary/aromatic N) is 2. The van der Waals surface area contributed by atoms with Crippen LogP contribution < -0.4 is 4.90 Å². The number of anilines is 1. The molecule has 0 unspecified atom stereocenters. The molecule has 0 bridgehead atoms. The van der Waals surface area contributed by atoms with Gasteiger partial charge in [-0.3, -0.25) is 24.6 Å². The number of carbonyl (C=O) groups excluding carboxylic acids is 2. The lowest BCUT2D eigenvalue weighted by Gasteiger charge is -2.27. The van der Waals surface area contributed by atoms with Gasteiger partial charge in [0, 0.05) is 17.8 Å². The number of allylic oxidation sites excluding steroid dienone is 1. The zero-order chi connectivity index (χ0) is 23.5. The highest BCUT2D eigenvalue weighted by atomic mass is 16.6.